The Balaban J connectivity index is 1.98. The zero-order chi connectivity index (χ0) is 17.0. The minimum Gasteiger partial charge on any atom is -0.383 e. The molecule has 130 valence electrons. The summed E-state index contributed by atoms with van der Waals surface area (Å²) in [5, 5.41) is 17.6. The average Bonchev–Trinajstić information content (AvgIpc) is 2.94. The van der Waals surface area contributed by atoms with Crippen molar-refractivity contribution < 1.29 is 9.90 Å². The Morgan fingerprint density at radius 1 is 1.39 bits per heavy atom. The van der Waals surface area contributed by atoms with Gasteiger partial charge in [-0.1, -0.05) is 20.3 Å². The van der Waals surface area contributed by atoms with Gasteiger partial charge < -0.3 is 10.4 Å². The first kappa shape index (κ1) is 17.9. The predicted octanol–water partition coefficient (Wildman–Crippen LogP) is 1.25. The SMILES string of the molecule is CC(C)[C@@H](C(=O)NC[C@@](C)(O)c1cnn(C)c1)N1CCCCC1. The van der Waals surface area contributed by atoms with Crippen LogP contribution in [0.2, 0.25) is 0 Å². The molecule has 2 atom stereocenters. The van der Waals surface area contributed by atoms with Gasteiger partial charge in [0.25, 0.3) is 0 Å². The number of carbonyl (C=O) groups excluding carboxylic acids is 1. The highest BCUT2D eigenvalue weighted by Crippen LogP contribution is 2.20. The predicted molar refractivity (Wildman–Crippen MR) is 89.8 cm³/mol. The van der Waals surface area contributed by atoms with Gasteiger partial charge in [0.15, 0.2) is 0 Å². The molecule has 0 unspecified atom stereocenters. The van der Waals surface area contributed by atoms with E-state index in [2.05, 4.69) is 29.2 Å². The minimum atomic E-state index is -1.12. The molecule has 0 bridgehead atoms. The molecule has 0 radical (unpaired) electrons. The molecule has 1 aliphatic heterocycles. The third-order valence-electron chi connectivity index (χ3n) is 4.62. The molecule has 2 N–H and O–H groups in total. The molecule has 0 spiro atoms. The second kappa shape index (κ2) is 7.45. The van der Waals surface area contributed by atoms with Crippen LogP contribution in [0.25, 0.3) is 0 Å². The van der Waals surface area contributed by atoms with Crippen molar-refractivity contribution in [3.05, 3.63) is 18.0 Å². The standard InChI is InChI=1S/C17H30N4O2/c1-13(2)15(21-8-6-5-7-9-21)16(22)18-12-17(3,23)14-10-19-20(4)11-14/h10-11,13,15,23H,5-9,12H2,1-4H3,(H,18,22)/t15-,17+/m0/s1. The maximum atomic E-state index is 12.7. The Hall–Kier alpha value is -1.40. The Kier molecular flexibility index (Phi) is 5.81. The smallest absolute Gasteiger partial charge is 0.237 e. The zero-order valence-corrected chi connectivity index (χ0v) is 14.7. The lowest BCUT2D eigenvalue weighted by atomic mass is 9.96. The summed E-state index contributed by atoms with van der Waals surface area (Å²) in [6, 6.07) is -0.125. The summed E-state index contributed by atoms with van der Waals surface area (Å²) in [4.78, 5) is 15.0. The van der Waals surface area contributed by atoms with E-state index >= 15 is 0 Å². The first-order valence-electron chi connectivity index (χ1n) is 8.54. The van der Waals surface area contributed by atoms with E-state index in [1.807, 2.05) is 7.05 Å². The van der Waals surface area contributed by atoms with E-state index in [-0.39, 0.29) is 24.4 Å². The Morgan fingerprint density at radius 2 is 2.04 bits per heavy atom. The fourth-order valence-corrected chi connectivity index (χ4v) is 3.25. The molecule has 1 amide bonds. The normalized spacial score (nSPS) is 20.3. The number of aromatic nitrogens is 2. The van der Waals surface area contributed by atoms with E-state index in [4.69, 9.17) is 0 Å². The molecule has 1 aliphatic rings. The van der Waals surface area contributed by atoms with Crippen LogP contribution < -0.4 is 5.32 Å². The van der Waals surface area contributed by atoms with Gasteiger partial charge in [-0.15, -0.1) is 0 Å². The number of aliphatic hydroxyl groups is 1. The van der Waals surface area contributed by atoms with E-state index in [1.165, 1.54) is 6.42 Å². The van der Waals surface area contributed by atoms with Gasteiger partial charge in [0.05, 0.1) is 18.8 Å². The number of nitrogens with one attached hydrogen (secondary N) is 1. The van der Waals surface area contributed by atoms with Crippen LogP contribution in [-0.4, -0.2) is 51.4 Å². The van der Waals surface area contributed by atoms with Crippen LogP contribution in [0.1, 0.15) is 45.6 Å². The van der Waals surface area contributed by atoms with Crippen LogP contribution in [0.3, 0.4) is 0 Å². The minimum absolute atomic E-state index is 0.00562. The molecule has 2 rings (SSSR count). The van der Waals surface area contributed by atoms with E-state index in [1.54, 1.807) is 24.0 Å². The highest BCUT2D eigenvalue weighted by Gasteiger charge is 2.32. The zero-order valence-electron chi connectivity index (χ0n) is 14.7. The monoisotopic (exact) mass is 322 g/mol. The molecule has 1 aromatic rings. The fraction of sp³-hybridized carbons (Fsp3) is 0.765. The number of aryl methyl sites for hydroxylation is 1. The fourth-order valence-electron chi connectivity index (χ4n) is 3.25. The molecular formula is C17H30N4O2. The van der Waals surface area contributed by atoms with Crippen molar-refractivity contribution in [1.29, 1.82) is 0 Å². The lowest BCUT2D eigenvalue weighted by Gasteiger charge is -2.36. The van der Waals surface area contributed by atoms with Gasteiger partial charge in [0, 0.05) is 18.8 Å². The number of piperidine rings is 1. The second-order valence-corrected chi connectivity index (χ2v) is 7.18. The molecule has 1 saturated heterocycles. The van der Waals surface area contributed by atoms with Gasteiger partial charge in [-0.2, -0.15) is 5.10 Å². The van der Waals surface area contributed by atoms with Crippen molar-refractivity contribution >= 4 is 5.91 Å². The summed E-state index contributed by atoms with van der Waals surface area (Å²) < 4.78 is 1.65. The first-order valence-corrected chi connectivity index (χ1v) is 8.54. The van der Waals surface area contributed by atoms with Crippen LogP contribution in [-0.2, 0) is 17.4 Å². The first-order chi connectivity index (χ1) is 10.8. The van der Waals surface area contributed by atoms with Gasteiger partial charge >= 0.3 is 0 Å². The largest absolute Gasteiger partial charge is 0.383 e. The molecule has 6 nitrogen and oxygen atoms in total. The molecule has 6 heteroatoms. The number of nitrogens with zero attached hydrogens (tertiary/aromatic N) is 3. The highest BCUT2D eigenvalue weighted by molar-refractivity contribution is 5.82. The van der Waals surface area contributed by atoms with Gasteiger partial charge in [-0.05, 0) is 38.8 Å². The summed E-state index contributed by atoms with van der Waals surface area (Å²) in [6.07, 6.45) is 6.97. The number of likely N-dealkylation sites (tertiary alicyclic amines) is 1. The Morgan fingerprint density at radius 3 is 2.57 bits per heavy atom. The van der Waals surface area contributed by atoms with Crippen molar-refractivity contribution in [3.8, 4) is 0 Å². The van der Waals surface area contributed by atoms with Crippen molar-refractivity contribution in [2.45, 2.75) is 51.7 Å². The maximum absolute atomic E-state index is 12.7. The molecule has 1 aromatic heterocycles. The molecule has 23 heavy (non-hydrogen) atoms. The van der Waals surface area contributed by atoms with Crippen LogP contribution in [0.4, 0.5) is 0 Å². The van der Waals surface area contributed by atoms with Crippen LogP contribution in [0.15, 0.2) is 12.4 Å². The topological polar surface area (TPSA) is 70.4 Å². The summed E-state index contributed by atoms with van der Waals surface area (Å²) >= 11 is 0. The van der Waals surface area contributed by atoms with Crippen LogP contribution >= 0.6 is 0 Å². The third-order valence-corrected chi connectivity index (χ3v) is 4.62. The van der Waals surface area contributed by atoms with Crippen LogP contribution in [0.5, 0.6) is 0 Å². The average molecular weight is 322 g/mol. The quantitative estimate of drug-likeness (QED) is 0.827. The lowest BCUT2D eigenvalue weighted by molar-refractivity contribution is -0.129. The van der Waals surface area contributed by atoms with Crippen molar-refractivity contribution in [3.63, 3.8) is 0 Å². The summed E-state index contributed by atoms with van der Waals surface area (Å²) in [5.74, 6) is 0.252. The molecular weight excluding hydrogens is 292 g/mol. The maximum Gasteiger partial charge on any atom is 0.237 e. The van der Waals surface area contributed by atoms with E-state index in [0.29, 0.717) is 5.56 Å². The van der Waals surface area contributed by atoms with E-state index in [9.17, 15) is 9.90 Å². The van der Waals surface area contributed by atoms with Gasteiger partial charge in [-0.25, -0.2) is 0 Å². The van der Waals surface area contributed by atoms with Gasteiger partial charge in [0.1, 0.15) is 5.60 Å². The molecule has 1 fully saturated rings. The number of carbonyl (C=O) groups is 1. The summed E-state index contributed by atoms with van der Waals surface area (Å²) in [6.45, 7) is 8.02. The molecule has 0 aromatic carbocycles. The van der Waals surface area contributed by atoms with E-state index < -0.39 is 5.60 Å². The van der Waals surface area contributed by atoms with Crippen molar-refractivity contribution in [1.82, 2.24) is 20.0 Å². The molecule has 0 aliphatic carbocycles. The van der Waals surface area contributed by atoms with Crippen molar-refractivity contribution in [2.75, 3.05) is 19.6 Å². The summed E-state index contributed by atoms with van der Waals surface area (Å²) in [5.41, 5.74) is -0.410. The van der Waals surface area contributed by atoms with Crippen molar-refractivity contribution in [2.24, 2.45) is 13.0 Å². The van der Waals surface area contributed by atoms with Gasteiger partial charge in [-0.3, -0.25) is 14.4 Å². The third kappa shape index (κ3) is 4.54. The van der Waals surface area contributed by atoms with Gasteiger partial charge in [0.2, 0.25) is 5.91 Å². The number of hydrogen-bond donors (Lipinski definition) is 2. The summed E-state index contributed by atoms with van der Waals surface area (Å²) in [7, 11) is 1.81. The molecule has 0 saturated carbocycles. The highest BCUT2D eigenvalue weighted by atomic mass is 16.3. The van der Waals surface area contributed by atoms with Crippen LogP contribution in [0, 0.1) is 5.92 Å². The molecule has 2 heterocycles. The lowest BCUT2D eigenvalue weighted by Crippen LogP contribution is -2.53. The van der Waals surface area contributed by atoms with E-state index in [0.717, 1.165) is 25.9 Å². The number of hydrogen-bond acceptors (Lipinski definition) is 4. The Labute approximate surface area is 138 Å². The Bertz CT molecular complexity index is 518. The number of rotatable bonds is 6. The number of amides is 1. The second-order valence-electron chi connectivity index (χ2n) is 7.18.